The molecule has 5 nitrogen and oxygen atoms in total. The van der Waals surface area contributed by atoms with Crippen LogP contribution in [0.4, 0.5) is 0 Å². The number of thioether (sulfide) groups is 1. The lowest BCUT2D eigenvalue weighted by Gasteiger charge is -2.32. The summed E-state index contributed by atoms with van der Waals surface area (Å²) in [6.45, 7) is 2.82. The van der Waals surface area contributed by atoms with E-state index in [0.29, 0.717) is 17.5 Å². The van der Waals surface area contributed by atoms with Gasteiger partial charge in [-0.2, -0.15) is 0 Å². The zero-order valence-corrected chi connectivity index (χ0v) is 18.0. The molecule has 1 heterocycles. The van der Waals surface area contributed by atoms with E-state index >= 15 is 0 Å². The van der Waals surface area contributed by atoms with Crippen LogP contribution in [-0.4, -0.2) is 72.9 Å². The molecular weight excluding hydrogens is 370 g/mol. The largest absolute Gasteiger partial charge is 0.342 e. The van der Waals surface area contributed by atoms with Crippen LogP contribution in [-0.2, 0) is 9.59 Å². The molecule has 0 bridgehead atoms. The standard InChI is InChI=1S/C19H35N3O2S.ClH/c1-20-11-8-16-9-12-22(13-10-16)19(24)15-25-14-18(23)21(2)17-6-4-3-5-7-17;/h16-17,20H,3-15H2,1-2H3;1H. The van der Waals surface area contributed by atoms with Crippen LogP contribution in [0.2, 0.25) is 0 Å². The van der Waals surface area contributed by atoms with Crippen molar-refractivity contribution in [3.63, 3.8) is 0 Å². The third kappa shape index (κ3) is 7.65. The highest BCUT2D eigenvalue weighted by Gasteiger charge is 2.24. The van der Waals surface area contributed by atoms with E-state index in [9.17, 15) is 9.59 Å². The Morgan fingerprint density at radius 3 is 2.35 bits per heavy atom. The lowest BCUT2D eigenvalue weighted by Crippen LogP contribution is -2.41. The van der Waals surface area contributed by atoms with Crippen LogP contribution >= 0.6 is 24.2 Å². The normalized spacial score (nSPS) is 19.1. The van der Waals surface area contributed by atoms with Crippen molar-refractivity contribution in [2.45, 2.75) is 57.4 Å². The van der Waals surface area contributed by atoms with Crippen LogP contribution in [0.15, 0.2) is 0 Å². The number of likely N-dealkylation sites (tertiary alicyclic amines) is 1. The van der Waals surface area contributed by atoms with Gasteiger partial charge in [0, 0.05) is 26.2 Å². The molecule has 1 saturated heterocycles. The second-order valence-electron chi connectivity index (χ2n) is 7.51. The van der Waals surface area contributed by atoms with Crippen molar-refractivity contribution in [3.05, 3.63) is 0 Å². The fourth-order valence-electron chi connectivity index (χ4n) is 3.91. The Balaban J connectivity index is 0.00000338. The molecule has 1 N–H and O–H groups in total. The van der Waals surface area contributed by atoms with Crippen molar-refractivity contribution >= 4 is 36.0 Å². The third-order valence-electron chi connectivity index (χ3n) is 5.74. The minimum atomic E-state index is 0. The highest BCUT2D eigenvalue weighted by atomic mass is 35.5. The molecule has 2 aliphatic rings. The van der Waals surface area contributed by atoms with E-state index in [4.69, 9.17) is 0 Å². The molecule has 0 radical (unpaired) electrons. The maximum absolute atomic E-state index is 12.3. The van der Waals surface area contributed by atoms with Crippen molar-refractivity contribution in [2.24, 2.45) is 5.92 Å². The number of hydrogen-bond donors (Lipinski definition) is 1. The Bertz CT molecular complexity index is 425. The van der Waals surface area contributed by atoms with E-state index in [0.717, 1.165) is 51.2 Å². The maximum atomic E-state index is 12.3. The highest BCUT2D eigenvalue weighted by molar-refractivity contribution is 8.00. The molecule has 0 atom stereocenters. The van der Waals surface area contributed by atoms with Gasteiger partial charge in [-0.15, -0.1) is 24.2 Å². The summed E-state index contributed by atoms with van der Waals surface area (Å²) in [7, 11) is 3.92. The second-order valence-corrected chi connectivity index (χ2v) is 8.49. The Kier molecular flexibility index (Phi) is 11.6. The first-order valence-corrected chi connectivity index (χ1v) is 11.0. The molecule has 26 heavy (non-hydrogen) atoms. The van der Waals surface area contributed by atoms with Crippen molar-refractivity contribution in [3.8, 4) is 0 Å². The van der Waals surface area contributed by atoms with Gasteiger partial charge in [0.1, 0.15) is 0 Å². The molecule has 2 amide bonds. The Hall–Kier alpha value is -0.460. The van der Waals surface area contributed by atoms with Crippen LogP contribution in [0, 0.1) is 5.92 Å². The van der Waals surface area contributed by atoms with Gasteiger partial charge in [0.25, 0.3) is 0 Å². The summed E-state index contributed by atoms with van der Waals surface area (Å²) < 4.78 is 0. The summed E-state index contributed by atoms with van der Waals surface area (Å²) in [5.41, 5.74) is 0. The van der Waals surface area contributed by atoms with Crippen molar-refractivity contribution in [2.75, 3.05) is 45.2 Å². The quantitative estimate of drug-likeness (QED) is 0.674. The third-order valence-corrected chi connectivity index (χ3v) is 6.64. The number of carbonyl (C=O) groups is 2. The fraction of sp³-hybridized carbons (Fsp3) is 0.895. The topological polar surface area (TPSA) is 52.7 Å². The number of amides is 2. The molecule has 0 aromatic carbocycles. The molecule has 1 saturated carbocycles. The summed E-state index contributed by atoms with van der Waals surface area (Å²) >= 11 is 1.48. The van der Waals surface area contributed by atoms with Crippen molar-refractivity contribution in [1.29, 1.82) is 0 Å². The van der Waals surface area contributed by atoms with Crippen LogP contribution in [0.1, 0.15) is 51.4 Å². The van der Waals surface area contributed by atoms with E-state index in [1.165, 1.54) is 37.4 Å². The van der Waals surface area contributed by atoms with Crippen LogP contribution in [0.25, 0.3) is 0 Å². The summed E-state index contributed by atoms with van der Waals surface area (Å²) in [5.74, 6) is 1.98. The first-order valence-electron chi connectivity index (χ1n) is 9.87. The van der Waals surface area contributed by atoms with Gasteiger partial charge in [-0.25, -0.2) is 0 Å². The molecule has 0 aromatic heterocycles. The summed E-state index contributed by atoms with van der Waals surface area (Å²) in [6, 6.07) is 0.411. The average molecular weight is 406 g/mol. The SMILES string of the molecule is CNCCC1CCN(C(=O)CSCC(=O)N(C)C2CCCCC2)CC1.Cl. The van der Waals surface area contributed by atoms with Gasteiger partial charge in [0.05, 0.1) is 11.5 Å². The van der Waals surface area contributed by atoms with Gasteiger partial charge < -0.3 is 15.1 Å². The minimum Gasteiger partial charge on any atom is -0.342 e. The van der Waals surface area contributed by atoms with Crippen LogP contribution in [0.5, 0.6) is 0 Å². The van der Waals surface area contributed by atoms with E-state index in [2.05, 4.69) is 5.32 Å². The number of rotatable bonds is 8. The number of hydrogen-bond acceptors (Lipinski definition) is 4. The Morgan fingerprint density at radius 2 is 1.73 bits per heavy atom. The number of piperidine rings is 1. The van der Waals surface area contributed by atoms with E-state index in [1.54, 1.807) is 0 Å². The zero-order valence-electron chi connectivity index (χ0n) is 16.4. The number of carbonyl (C=O) groups excluding carboxylic acids is 2. The predicted octanol–water partition coefficient (Wildman–Crippen LogP) is 2.78. The number of halogens is 1. The first-order chi connectivity index (χ1) is 12.1. The van der Waals surface area contributed by atoms with E-state index < -0.39 is 0 Å². The lowest BCUT2D eigenvalue weighted by molar-refractivity contribution is -0.130. The molecule has 2 fully saturated rings. The van der Waals surface area contributed by atoms with E-state index in [1.807, 2.05) is 23.9 Å². The molecule has 1 aliphatic heterocycles. The van der Waals surface area contributed by atoms with Crippen molar-refractivity contribution in [1.82, 2.24) is 15.1 Å². The Morgan fingerprint density at radius 1 is 1.08 bits per heavy atom. The minimum absolute atomic E-state index is 0. The predicted molar refractivity (Wildman–Crippen MR) is 112 cm³/mol. The van der Waals surface area contributed by atoms with Crippen LogP contribution in [0.3, 0.4) is 0 Å². The lowest BCUT2D eigenvalue weighted by atomic mass is 9.93. The second kappa shape index (κ2) is 12.8. The van der Waals surface area contributed by atoms with Gasteiger partial charge >= 0.3 is 0 Å². The Labute approximate surface area is 169 Å². The molecule has 152 valence electrons. The van der Waals surface area contributed by atoms with Crippen LogP contribution < -0.4 is 5.32 Å². The zero-order chi connectivity index (χ0) is 18.1. The molecular formula is C19H36ClN3O2S. The molecule has 0 aromatic rings. The molecule has 0 spiro atoms. The van der Waals surface area contributed by atoms with Gasteiger partial charge in [-0.05, 0) is 51.6 Å². The van der Waals surface area contributed by atoms with Gasteiger partial charge in [0.2, 0.25) is 11.8 Å². The van der Waals surface area contributed by atoms with Crippen molar-refractivity contribution < 1.29 is 9.59 Å². The molecule has 7 heteroatoms. The monoisotopic (exact) mass is 405 g/mol. The number of nitrogens with zero attached hydrogens (tertiary/aromatic N) is 2. The smallest absolute Gasteiger partial charge is 0.232 e. The van der Waals surface area contributed by atoms with Gasteiger partial charge in [-0.3, -0.25) is 9.59 Å². The van der Waals surface area contributed by atoms with E-state index in [-0.39, 0.29) is 24.2 Å². The van der Waals surface area contributed by atoms with Gasteiger partial charge in [-0.1, -0.05) is 19.3 Å². The highest BCUT2D eigenvalue weighted by Crippen LogP contribution is 2.23. The fourth-order valence-corrected chi connectivity index (χ4v) is 4.75. The first kappa shape index (κ1) is 23.6. The number of nitrogens with one attached hydrogen (secondary N) is 1. The average Bonchev–Trinajstić information content (AvgIpc) is 2.66. The maximum Gasteiger partial charge on any atom is 0.232 e. The van der Waals surface area contributed by atoms with Gasteiger partial charge in [0.15, 0.2) is 0 Å². The summed E-state index contributed by atoms with van der Waals surface area (Å²) in [6.07, 6.45) is 9.46. The summed E-state index contributed by atoms with van der Waals surface area (Å²) in [5, 5.41) is 3.20. The molecule has 0 unspecified atom stereocenters. The summed E-state index contributed by atoms with van der Waals surface area (Å²) in [4.78, 5) is 28.6. The molecule has 2 rings (SSSR count). The molecule has 1 aliphatic carbocycles.